The Morgan fingerprint density at radius 2 is 1.72 bits per heavy atom. The highest BCUT2D eigenvalue weighted by molar-refractivity contribution is 5.50. The highest BCUT2D eigenvalue weighted by Crippen LogP contribution is 2.48. The minimum Gasteiger partial charge on any atom is -0.489 e. The van der Waals surface area contributed by atoms with Crippen LogP contribution < -0.4 is 15.8 Å². The van der Waals surface area contributed by atoms with Crippen molar-refractivity contribution in [1.29, 1.82) is 0 Å². The number of nitrogens with one attached hydrogen (secondary N) is 1. The summed E-state index contributed by atoms with van der Waals surface area (Å²) in [5.41, 5.74) is 4.47. The summed E-state index contributed by atoms with van der Waals surface area (Å²) in [6, 6.07) is 2.76. The minimum atomic E-state index is -5.71. The third kappa shape index (κ3) is 4.34. The second-order valence-corrected chi connectivity index (χ2v) is 6.74. The van der Waals surface area contributed by atoms with E-state index in [9.17, 15) is 22.0 Å². The summed E-state index contributed by atoms with van der Waals surface area (Å²) in [5, 5.41) is 3.19. The zero-order chi connectivity index (χ0) is 18.8. The summed E-state index contributed by atoms with van der Waals surface area (Å²) in [6.45, 7) is 5.25. The number of alkyl halides is 5. The van der Waals surface area contributed by atoms with Gasteiger partial charge >= 0.3 is 12.1 Å². The first kappa shape index (κ1) is 19.8. The van der Waals surface area contributed by atoms with Gasteiger partial charge in [0.1, 0.15) is 11.9 Å². The fourth-order valence-corrected chi connectivity index (χ4v) is 3.14. The minimum absolute atomic E-state index is 0.0445. The normalized spacial score (nSPS) is 18.4. The molecule has 0 bridgehead atoms. The number of benzene rings is 1. The van der Waals surface area contributed by atoms with E-state index in [1.807, 2.05) is 13.8 Å². The standard InChI is InChI=1S/C17H23F5N2O/c1-10(2)15(11-5-7-24-8-6-11)25-14-9-12(23)3-4-13(14)16(18,19)17(20,21)22/h3-4,9-11,15,24H,5-8,23H2,1-2H3. The predicted octanol–water partition coefficient (Wildman–Crippen LogP) is 4.33. The molecule has 25 heavy (non-hydrogen) atoms. The molecule has 0 saturated carbocycles. The summed E-state index contributed by atoms with van der Waals surface area (Å²) < 4.78 is 71.9. The molecule has 1 aliphatic rings. The lowest BCUT2D eigenvalue weighted by Crippen LogP contribution is -2.40. The maximum atomic E-state index is 13.9. The topological polar surface area (TPSA) is 47.3 Å². The van der Waals surface area contributed by atoms with Gasteiger partial charge in [-0.3, -0.25) is 0 Å². The molecule has 0 aliphatic carbocycles. The summed E-state index contributed by atoms with van der Waals surface area (Å²) in [4.78, 5) is 0. The van der Waals surface area contributed by atoms with E-state index in [1.54, 1.807) is 0 Å². The van der Waals surface area contributed by atoms with Gasteiger partial charge in [0.05, 0.1) is 5.56 Å². The van der Waals surface area contributed by atoms with Crippen molar-refractivity contribution in [2.45, 2.75) is 44.9 Å². The summed E-state index contributed by atoms with van der Waals surface area (Å²) in [6.07, 6.45) is -4.62. The molecule has 1 heterocycles. The molecule has 1 fully saturated rings. The third-order valence-corrected chi connectivity index (χ3v) is 4.47. The molecule has 1 aliphatic heterocycles. The van der Waals surface area contributed by atoms with E-state index >= 15 is 0 Å². The van der Waals surface area contributed by atoms with Crippen LogP contribution in [0.2, 0.25) is 0 Å². The molecule has 0 aromatic heterocycles. The van der Waals surface area contributed by atoms with Crippen molar-refractivity contribution in [3.8, 4) is 5.75 Å². The molecule has 3 N–H and O–H groups in total. The zero-order valence-corrected chi connectivity index (χ0v) is 14.2. The molecule has 1 unspecified atom stereocenters. The van der Waals surface area contributed by atoms with Crippen LogP contribution in [-0.2, 0) is 5.92 Å². The van der Waals surface area contributed by atoms with Gasteiger partial charge in [-0.15, -0.1) is 0 Å². The number of piperidine rings is 1. The number of halogens is 5. The lowest BCUT2D eigenvalue weighted by molar-refractivity contribution is -0.289. The quantitative estimate of drug-likeness (QED) is 0.602. The number of rotatable bonds is 5. The Balaban J connectivity index is 2.38. The van der Waals surface area contributed by atoms with Crippen molar-refractivity contribution in [2.75, 3.05) is 18.8 Å². The lowest BCUT2D eigenvalue weighted by Gasteiger charge is -2.34. The molecule has 3 nitrogen and oxygen atoms in total. The van der Waals surface area contributed by atoms with Crippen LogP contribution in [0.4, 0.5) is 27.6 Å². The van der Waals surface area contributed by atoms with Gasteiger partial charge in [-0.05, 0) is 49.9 Å². The molecule has 0 amide bonds. The highest BCUT2D eigenvalue weighted by atomic mass is 19.4. The van der Waals surface area contributed by atoms with E-state index in [4.69, 9.17) is 10.5 Å². The van der Waals surface area contributed by atoms with E-state index in [2.05, 4.69) is 5.32 Å². The van der Waals surface area contributed by atoms with E-state index in [1.165, 1.54) is 0 Å². The SMILES string of the molecule is CC(C)C(Oc1cc(N)ccc1C(F)(F)C(F)(F)F)C1CCNCC1. The first-order chi connectivity index (χ1) is 11.5. The number of nitrogens with two attached hydrogens (primary N) is 1. The molecular weight excluding hydrogens is 343 g/mol. The Labute approximate surface area is 143 Å². The third-order valence-electron chi connectivity index (χ3n) is 4.47. The molecule has 8 heteroatoms. The van der Waals surface area contributed by atoms with Crippen molar-refractivity contribution in [2.24, 2.45) is 11.8 Å². The van der Waals surface area contributed by atoms with Gasteiger partial charge < -0.3 is 15.8 Å². The Kier molecular flexibility index (Phi) is 5.81. The Hall–Kier alpha value is -1.57. The van der Waals surface area contributed by atoms with Gasteiger partial charge in [-0.25, -0.2) is 0 Å². The second kappa shape index (κ2) is 7.35. The maximum Gasteiger partial charge on any atom is 0.458 e. The molecule has 2 rings (SSSR count). The maximum absolute atomic E-state index is 13.9. The van der Waals surface area contributed by atoms with Crippen molar-refractivity contribution >= 4 is 5.69 Å². The second-order valence-electron chi connectivity index (χ2n) is 6.74. The number of nitrogen functional groups attached to an aromatic ring is 1. The molecule has 1 aromatic rings. The average molecular weight is 366 g/mol. The van der Waals surface area contributed by atoms with E-state index in [0.717, 1.165) is 38.1 Å². The van der Waals surface area contributed by atoms with Gasteiger partial charge in [0.25, 0.3) is 0 Å². The fourth-order valence-electron chi connectivity index (χ4n) is 3.14. The van der Waals surface area contributed by atoms with Gasteiger partial charge in [0.15, 0.2) is 0 Å². The smallest absolute Gasteiger partial charge is 0.458 e. The monoisotopic (exact) mass is 366 g/mol. The summed E-state index contributed by atoms with van der Waals surface area (Å²) in [5.74, 6) is -5.47. The van der Waals surface area contributed by atoms with Gasteiger partial charge in [-0.1, -0.05) is 13.8 Å². The Bertz CT molecular complexity index is 583. The molecule has 1 saturated heterocycles. The van der Waals surface area contributed by atoms with Crippen LogP contribution in [0, 0.1) is 11.8 Å². The first-order valence-corrected chi connectivity index (χ1v) is 8.26. The van der Waals surface area contributed by atoms with Crippen LogP contribution in [0.3, 0.4) is 0 Å². The molecule has 1 aromatic carbocycles. The van der Waals surface area contributed by atoms with Gasteiger partial charge in [-0.2, -0.15) is 22.0 Å². The molecule has 0 spiro atoms. The fraction of sp³-hybridized carbons (Fsp3) is 0.647. The van der Waals surface area contributed by atoms with E-state index in [-0.39, 0.29) is 17.5 Å². The van der Waals surface area contributed by atoms with E-state index < -0.39 is 29.5 Å². The van der Waals surface area contributed by atoms with Crippen LogP contribution >= 0.6 is 0 Å². The Morgan fingerprint density at radius 1 is 1.12 bits per heavy atom. The van der Waals surface area contributed by atoms with Crippen molar-refractivity contribution in [3.05, 3.63) is 23.8 Å². The first-order valence-electron chi connectivity index (χ1n) is 8.26. The van der Waals surface area contributed by atoms with Crippen molar-refractivity contribution in [1.82, 2.24) is 5.32 Å². The lowest BCUT2D eigenvalue weighted by atomic mass is 9.86. The number of hydrogen-bond acceptors (Lipinski definition) is 3. The molecule has 1 atom stereocenters. The number of hydrogen-bond donors (Lipinski definition) is 2. The summed E-state index contributed by atoms with van der Waals surface area (Å²) >= 11 is 0. The molecule has 0 radical (unpaired) electrons. The zero-order valence-electron chi connectivity index (χ0n) is 14.2. The number of anilines is 1. The van der Waals surface area contributed by atoms with Crippen LogP contribution in [0.1, 0.15) is 32.3 Å². The van der Waals surface area contributed by atoms with Gasteiger partial charge in [0, 0.05) is 11.8 Å². The summed E-state index contributed by atoms with van der Waals surface area (Å²) in [7, 11) is 0. The number of ether oxygens (including phenoxy) is 1. The largest absolute Gasteiger partial charge is 0.489 e. The van der Waals surface area contributed by atoms with Crippen LogP contribution in [-0.4, -0.2) is 25.4 Å². The Morgan fingerprint density at radius 3 is 2.24 bits per heavy atom. The van der Waals surface area contributed by atoms with Crippen molar-refractivity contribution < 1.29 is 26.7 Å². The van der Waals surface area contributed by atoms with Crippen LogP contribution in [0.25, 0.3) is 0 Å². The van der Waals surface area contributed by atoms with Crippen molar-refractivity contribution in [3.63, 3.8) is 0 Å². The molecule has 142 valence electrons. The molecular formula is C17H23F5N2O. The predicted molar refractivity (Wildman–Crippen MR) is 85.7 cm³/mol. The average Bonchev–Trinajstić information content (AvgIpc) is 2.52. The van der Waals surface area contributed by atoms with Crippen LogP contribution in [0.15, 0.2) is 18.2 Å². The van der Waals surface area contributed by atoms with E-state index in [0.29, 0.717) is 6.07 Å². The van der Waals surface area contributed by atoms with Crippen LogP contribution in [0.5, 0.6) is 5.75 Å². The van der Waals surface area contributed by atoms with Gasteiger partial charge in [0.2, 0.25) is 0 Å². The highest BCUT2D eigenvalue weighted by Gasteiger charge is 2.60.